The molecule has 2 N–H and O–H groups in total. The summed E-state index contributed by atoms with van der Waals surface area (Å²) >= 11 is 0. The molecule has 0 amide bonds. The number of benzene rings is 4. The van der Waals surface area contributed by atoms with Crippen LogP contribution in [0, 0.1) is 0 Å². The molecule has 4 heterocycles. The van der Waals surface area contributed by atoms with Gasteiger partial charge in [-0.15, -0.1) is 0 Å². The Morgan fingerprint density at radius 3 is 2.21 bits per heavy atom. The molecular formula is C56H51N5. The molecule has 4 aromatic carbocycles. The maximum atomic E-state index is 4.87. The smallest absolute Gasteiger partial charge is 0.136 e. The van der Waals surface area contributed by atoms with Gasteiger partial charge in [0.1, 0.15) is 5.84 Å². The molecule has 5 heteroatoms. The Labute approximate surface area is 360 Å². The Bertz CT molecular complexity index is 2880. The fraction of sp³-hybridized carbons (Fsp3) is 0.196. The summed E-state index contributed by atoms with van der Waals surface area (Å²) in [5.74, 6) is 0.889. The molecule has 2 atom stereocenters. The first-order chi connectivity index (χ1) is 29.9. The first kappa shape index (κ1) is 37.2. The summed E-state index contributed by atoms with van der Waals surface area (Å²) in [6, 6.07) is 23.6. The van der Waals surface area contributed by atoms with Gasteiger partial charge in [-0.2, -0.15) is 0 Å². The average Bonchev–Trinajstić information content (AvgIpc) is 3.56. The first-order valence-corrected chi connectivity index (χ1v) is 21.9. The van der Waals surface area contributed by atoms with E-state index in [0.717, 1.165) is 43.0 Å². The van der Waals surface area contributed by atoms with Crippen LogP contribution in [0.15, 0.2) is 150 Å². The van der Waals surface area contributed by atoms with Gasteiger partial charge >= 0.3 is 0 Å². The van der Waals surface area contributed by atoms with Gasteiger partial charge in [0, 0.05) is 54.6 Å². The first-order valence-electron chi connectivity index (χ1n) is 21.9. The molecule has 0 aromatic heterocycles. The van der Waals surface area contributed by atoms with E-state index in [9.17, 15) is 0 Å². The Hall–Kier alpha value is -6.85. The van der Waals surface area contributed by atoms with E-state index in [4.69, 9.17) is 4.99 Å². The van der Waals surface area contributed by atoms with Crippen LogP contribution in [0.4, 0.5) is 17.1 Å². The zero-order chi connectivity index (χ0) is 41.3. The number of aliphatic imine (C=N–C) groups is 1. The highest BCUT2D eigenvalue weighted by molar-refractivity contribution is 6.08. The third kappa shape index (κ3) is 5.93. The Morgan fingerprint density at radius 1 is 0.754 bits per heavy atom. The van der Waals surface area contributed by atoms with E-state index in [0.29, 0.717) is 6.04 Å². The van der Waals surface area contributed by atoms with E-state index in [1.807, 2.05) is 6.20 Å². The minimum Gasteiger partial charge on any atom is -0.380 e. The van der Waals surface area contributed by atoms with Crippen LogP contribution in [-0.4, -0.2) is 37.6 Å². The van der Waals surface area contributed by atoms with Crippen molar-refractivity contribution in [2.24, 2.45) is 4.99 Å². The Morgan fingerprint density at radius 2 is 1.46 bits per heavy atom. The number of nitrogens with zero attached hydrogens (tertiary/aromatic N) is 3. The summed E-state index contributed by atoms with van der Waals surface area (Å²) in [6.07, 6.45) is 41.9. The monoisotopic (exact) mass is 793 g/mol. The zero-order valence-corrected chi connectivity index (χ0v) is 35.4. The van der Waals surface area contributed by atoms with Crippen molar-refractivity contribution < 1.29 is 0 Å². The number of hydrogen-bond donors (Lipinski definition) is 2. The zero-order valence-electron chi connectivity index (χ0n) is 35.4. The van der Waals surface area contributed by atoms with Gasteiger partial charge in [0.15, 0.2) is 0 Å². The SMILES string of the molecule is CCC1(CC)c2cc(/C=C/c3ccc(C4=NC=C5C=CC=CC5(C)N4)c4c3C=CCN4)ccc2-c2ccc(/C=C/c3ccc(N4C=C5C=CC=CC54)c4c3C=CCN4C)cc21. The third-order valence-electron chi connectivity index (χ3n) is 14.0. The van der Waals surface area contributed by atoms with Crippen LogP contribution >= 0.6 is 0 Å². The topological polar surface area (TPSA) is 42.9 Å². The summed E-state index contributed by atoms with van der Waals surface area (Å²) in [6.45, 7) is 8.62. The standard InChI is InChI=1S/C56H51N5/c1-5-56(6-2)48-33-37(18-22-39-24-28-47(52-43(39)15-11-31-57-52)54-58-35-42-14-9-10-30-55(42,3)59-54)20-26-45(48)46-27-21-38(34-49(46)56)19-23-40-25-29-51(53-44(40)16-12-32-60(53)4)61-36-41-13-7-8-17-50(41)61/h7-30,33-36,50,57H,5-6,31-32H2,1-4H3,(H,58,59)/b22-18+,23-19+. The fourth-order valence-electron chi connectivity index (χ4n) is 10.6. The molecule has 4 aliphatic heterocycles. The summed E-state index contributed by atoms with van der Waals surface area (Å²) in [5.41, 5.74) is 19.9. The van der Waals surface area contributed by atoms with E-state index in [1.165, 1.54) is 78.2 Å². The van der Waals surface area contributed by atoms with Crippen molar-refractivity contribution in [2.75, 3.05) is 35.3 Å². The number of hydrogen-bond acceptors (Lipinski definition) is 5. The van der Waals surface area contributed by atoms with Crippen molar-refractivity contribution in [3.63, 3.8) is 0 Å². The lowest BCUT2D eigenvalue weighted by molar-refractivity contribution is 0.490. The summed E-state index contributed by atoms with van der Waals surface area (Å²) < 4.78 is 0. The van der Waals surface area contributed by atoms with Gasteiger partial charge in [-0.1, -0.05) is 160 Å². The molecule has 0 bridgehead atoms. The predicted molar refractivity (Wildman–Crippen MR) is 261 cm³/mol. The van der Waals surface area contributed by atoms with Crippen molar-refractivity contribution in [1.82, 2.24) is 5.32 Å². The molecule has 0 fully saturated rings. The van der Waals surface area contributed by atoms with Gasteiger partial charge in [-0.3, -0.25) is 0 Å². The fourth-order valence-corrected chi connectivity index (χ4v) is 10.6. The van der Waals surface area contributed by atoms with E-state index in [-0.39, 0.29) is 11.0 Å². The van der Waals surface area contributed by atoms with E-state index >= 15 is 0 Å². The molecule has 300 valence electrons. The largest absolute Gasteiger partial charge is 0.380 e. The average molecular weight is 794 g/mol. The Kier molecular flexibility index (Phi) is 8.78. The second-order valence-corrected chi connectivity index (χ2v) is 17.4. The Balaban J connectivity index is 0.884. The molecule has 0 spiro atoms. The lowest BCUT2D eigenvalue weighted by Crippen LogP contribution is -2.48. The molecular weight excluding hydrogens is 743 g/mol. The molecule has 4 aromatic rings. The van der Waals surface area contributed by atoms with Gasteiger partial charge in [0.2, 0.25) is 0 Å². The molecule has 5 nitrogen and oxygen atoms in total. The van der Waals surface area contributed by atoms with Crippen molar-refractivity contribution in [1.29, 1.82) is 0 Å². The normalized spacial score (nSPS) is 21.8. The van der Waals surface area contributed by atoms with Gasteiger partial charge < -0.3 is 20.4 Å². The van der Waals surface area contributed by atoms with Gasteiger partial charge in [0.05, 0.1) is 28.6 Å². The summed E-state index contributed by atoms with van der Waals surface area (Å²) in [4.78, 5) is 9.67. The van der Waals surface area contributed by atoms with Crippen LogP contribution in [0.25, 0.3) is 47.6 Å². The second kappa shape index (κ2) is 14.4. The lowest BCUT2D eigenvalue weighted by Gasteiger charge is -2.42. The minimum absolute atomic E-state index is 0.0492. The lowest BCUT2D eigenvalue weighted by atomic mass is 9.73. The molecule has 0 saturated heterocycles. The van der Waals surface area contributed by atoms with Crippen molar-refractivity contribution in [3.05, 3.63) is 195 Å². The summed E-state index contributed by atoms with van der Waals surface area (Å²) in [7, 11) is 2.21. The number of rotatable bonds is 8. The van der Waals surface area contributed by atoms with E-state index < -0.39 is 0 Å². The number of allylic oxidation sites excluding steroid dienone is 4. The molecule has 0 radical (unpaired) electrons. The molecule has 11 rings (SSSR count). The number of anilines is 3. The number of amidine groups is 1. The van der Waals surface area contributed by atoms with Gasteiger partial charge in [-0.05, 0) is 87.6 Å². The predicted octanol–water partition coefficient (Wildman–Crippen LogP) is 12.3. The highest BCUT2D eigenvalue weighted by Gasteiger charge is 2.41. The maximum absolute atomic E-state index is 4.87. The molecule has 3 aliphatic carbocycles. The molecule has 2 unspecified atom stereocenters. The van der Waals surface area contributed by atoms with Crippen molar-refractivity contribution in [2.45, 2.75) is 50.6 Å². The number of fused-ring (bicyclic) bond motifs is 7. The minimum atomic E-state index is -0.275. The van der Waals surface area contributed by atoms with Crippen molar-refractivity contribution in [3.8, 4) is 11.1 Å². The van der Waals surface area contributed by atoms with Gasteiger partial charge in [0.25, 0.3) is 0 Å². The van der Waals surface area contributed by atoms with Crippen LogP contribution in [-0.2, 0) is 5.41 Å². The highest BCUT2D eigenvalue weighted by Crippen LogP contribution is 2.53. The summed E-state index contributed by atoms with van der Waals surface area (Å²) in [5, 5.41) is 7.39. The number of nitrogens with one attached hydrogen (secondary N) is 2. The van der Waals surface area contributed by atoms with Crippen LogP contribution in [0.2, 0.25) is 0 Å². The second-order valence-electron chi connectivity index (χ2n) is 17.4. The van der Waals surface area contributed by atoms with Crippen LogP contribution in [0.3, 0.4) is 0 Å². The van der Waals surface area contributed by atoms with E-state index in [1.54, 1.807) is 0 Å². The third-order valence-corrected chi connectivity index (χ3v) is 14.0. The number of likely N-dealkylation sites (N-methyl/N-ethyl adjacent to an activating group) is 1. The van der Waals surface area contributed by atoms with Crippen LogP contribution in [0.5, 0.6) is 0 Å². The van der Waals surface area contributed by atoms with E-state index in [2.05, 4.69) is 212 Å². The van der Waals surface area contributed by atoms with Gasteiger partial charge in [-0.25, -0.2) is 4.99 Å². The maximum Gasteiger partial charge on any atom is 0.136 e. The highest BCUT2D eigenvalue weighted by atomic mass is 15.2. The molecule has 61 heavy (non-hydrogen) atoms. The van der Waals surface area contributed by atoms with Crippen LogP contribution < -0.4 is 20.4 Å². The van der Waals surface area contributed by atoms with Crippen LogP contribution in [0.1, 0.15) is 83.7 Å². The molecule has 0 saturated carbocycles. The quantitative estimate of drug-likeness (QED) is 0.174. The van der Waals surface area contributed by atoms with Crippen molar-refractivity contribution >= 4 is 59.4 Å². The molecule has 7 aliphatic rings.